The molecule has 0 atom stereocenters. The first-order valence-electron chi connectivity index (χ1n) is 9.31. The van der Waals surface area contributed by atoms with Gasteiger partial charge in [0, 0.05) is 11.6 Å². The van der Waals surface area contributed by atoms with Crippen molar-refractivity contribution in [1.29, 1.82) is 0 Å². The van der Waals surface area contributed by atoms with Crippen molar-refractivity contribution in [3.8, 4) is 0 Å². The minimum atomic E-state index is -0.917. The summed E-state index contributed by atoms with van der Waals surface area (Å²) in [6, 6.07) is 4.21. The molecule has 5 nitrogen and oxygen atoms in total. The highest BCUT2D eigenvalue weighted by atomic mass is 19.1. The lowest BCUT2D eigenvalue weighted by Crippen LogP contribution is -2.36. The number of carbonyl (C=O) groups excluding carboxylic acids is 2. The molecule has 0 saturated carbocycles. The Morgan fingerprint density at radius 3 is 2.26 bits per heavy atom. The molecule has 0 radical (unpaired) electrons. The fraction of sp³-hybridized carbons (Fsp3) is 0.524. The summed E-state index contributed by atoms with van der Waals surface area (Å²) in [7, 11) is 0. The molecule has 148 valence electrons. The molecule has 0 amide bonds. The second kappa shape index (κ2) is 7.71. The van der Waals surface area contributed by atoms with Crippen molar-refractivity contribution >= 4 is 23.0 Å². The van der Waals surface area contributed by atoms with Gasteiger partial charge in [-0.15, -0.1) is 0 Å². The Labute approximate surface area is 159 Å². The predicted molar refractivity (Wildman–Crippen MR) is 102 cm³/mol. The number of halogens is 1. The zero-order valence-electron chi connectivity index (χ0n) is 16.9. The van der Waals surface area contributed by atoms with Crippen LogP contribution in [0.25, 0.3) is 10.9 Å². The molecule has 1 aromatic heterocycles. The fourth-order valence-corrected chi connectivity index (χ4v) is 3.34. The molecular weight excluding hydrogens is 349 g/mol. The summed E-state index contributed by atoms with van der Waals surface area (Å²) < 4.78 is 26.0. The van der Waals surface area contributed by atoms with E-state index in [2.05, 4.69) is 0 Å². The molecular formula is C21H28FNO4. The third kappa shape index (κ3) is 3.99. The molecule has 1 heterocycles. The van der Waals surface area contributed by atoms with Gasteiger partial charge in [-0.25, -0.2) is 9.18 Å². The van der Waals surface area contributed by atoms with Gasteiger partial charge >= 0.3 is 12.1 Å². The Balaban J connectivity index is 2.74. The van der Waals surface area contributed by atoms with Crippen LogP contribution in [-0.4, -0.2) is 28.8 Å². The first kappa shape index (κ1) is 20.9. The van der Waals surface area contributed by atoms with Gasteiger partial charge in [-0.3, -0.25) is 9.36 Å². The van der Waals surface area contributed by atoms with Crippen molar-refractivity contribution in [2.24, 2.45) is 0 Å². The van der Waals surface area contributed by atoms with Gasteiger partial charge in [0.1, 0.15) is 11.4 Å². The molecule has 0 saturated heterocycles. The number of fused-ring (bicyclic) bond motifs is 1. The van der Waals surface area contributed by atoms with Crippen molar-refractivity contribution in [2.75, 3.05) is 6.61 Å². The Morgan fingerprint density at radius 1 is 1.11 bits per heavy atom. The van der Waals surface area contributed by atoms with Crippen molar-refractivity contribution in [1.82, 2.24) is 4.57 Å². The van der Waals surface area contributed by atoms with Crippen LogP contribution in [0.4, 0.5) is 9.18 Å². The van der Waals surface area contributed by atoms with E-state index in [4.69, 9.17) is 9.47 Å². The van der Waals surface area contributed by atoms with Gasteiger partial charge in [-0.05, 0) is 64.3 Å². The van der Waals surface area contributed by atoms with Crippen LogP contribution in [0.1, 0.15) is 59.9 Å². The highest BCUT2D eigenvalue weighted by Crippen LogP contribution is 2.39. The largest absolute Gasteiger partial charge is 0.465 e. The van der Waals surface area contributed by atoms with E-state index < -0.39 is 22.9 Å². The second-order valence-electron chi connectivity index (χ2n) is 7.56. The molecule has 0 aliphatic carbocycles. The lowest BCUT2D eigenvalue weighted by molar-refractivity contribution is -0.150. The molecule has 0 bridgehead atoms. The Hall–Kier alpha value is -2.37. The summed E-state index contributed by atoms with van der Waals surface area (Å²) in [5.74, 6) is -0.811. The number of hydrogen-bond donors (Lipinski definition) is 0. The van der Waals surface area contributed by atoms with E-state index in [1.807, 2.05) is 13.8 Å². The lowest BCUT2D eigenvalue weighted by Gasteiger charge is -2.29. The highest BCUT2D eigenvalue weighted by Gasteiger charge is 2.41. The first-order chi connectivity index (χ1) is 12.6. The van der Waals surface area contributed by atoms with Gasteiger partial charge in [-0.1, -0.05) is 13.8 Å². The number of ether oxygens (including phenoxy) is 2. The standard InChI is InChI=1S/C21H28FNO4/c1-7-21(8-2,18(24)26-9-3)16-13-23(19(25)27-20(4,5)6)17-12-14(22)10-11-15(16)17/h10-13H,7-9H2,1-6H3. The molecule has 6 heteroatoms. The van der Waals surface area contributed by atoms with E-state index in [1.165, 1.54) is 16.7 Å². The normalized spacial score (nSPS) is 12.3. The monoisotopic (exact) mass is 377 g/mol. The van der Waals surface area contributed by atoms with Gasteiger partial charge < -0.3 is 9.47 Å². The molecule has 0 aliphatic rings. The summed E-state index contributed by atoms with van der Waals surface area (Å²) in [5, 5.41) is 0.638. The number of carbonyl (C=O) groups is 2. The van der Waals surface area contributed by atoms with Gasteiger partial charge in [0.05, 0.1) is 17.5 Å². The van der Waals surface area contributed by atoms with Gasteiger partial charge in [0.25, 0.3) is 0 Å². The Bertz CT molecular complexity index is 844. The van der Waals surface area contributed by atoms with Crippen molar-refractivity contribution in [2.45, 2.75) is 65.4 Å². The number of nitrogens with zero attached hydrogens (tertiary/aromatic N) is 1. The van der Waals surface area contributed by atoms with Crippen LogP contribution in [0.2, 0.25) is 0 Å². The lowest BCUT2D eigenvalue weighted by atomic mass is 9.75. The number of rotatable bonds is 5. The maximum atomic E-state index is 13.9. The second-order valence-corrected chi connectivity index (χ2v) is 7.56. The third-order valence-corrected chi connectivity index (χ3v) is 4.75. The predicted octanol–water partition coefficient (Wildman–Crippen LogP) is 5.18. The molecule has 0 aliphatic heterocycles. The molecule has 0 spiro atoms. The highest BCUT2D eigenvalue weighted by molar-refractivity contribution is 5.97. The maximum Gasteiger partial charge on any atom is 0.419 e. The van der Waals surface area contributed by atoms with Crippen molar-refractivity contribution in [3.63, 3.8) is 0 Å². The van der Waals surface area contributed by atoms with Crippen LogP contribution in [0.5, 0.6) is 0 Å². The Kier molecular flexibility index (Phi) is 5.97. The van der Waals surface area contributed by atoms with Crippen LogP contribution in [0, 0.1) is 5.82 Å². The van der Waals surface area contributed by atoms with Crippen LogP contribution < -0.4 is 0 Å². The number of benzene rings is 1. The molecule has 27 heavy (non-hydrogen) atoms. The first-order valence-corrected chi connectivity index (χ1v) is 9.31. The molecule has 0 N–H and O–H groups in total. The topological polar surface area (TPSA) is 57.5 Å². The summed E-state index contributed by atoms with van der Waals surface area (Å²) in [6.45, 7) is 11.1. The van der Waals surface area contributed by atoms with Crippen LogP contribution in [0.15, 0.2) is 24.4 Å². The van der Waals surface area contributed by atoms with Crippen molar-refractivity contribution in [3.05, 3.63) is 35.8 Å². The molecule has 2 aromatic rings. The summed E-state index contributed by atoms with van der Waals surface area (Å²) in [6.07, 6.45) is 1.96. The van der Waals surface area contributed by atoms with E-state index in [-0.39, 0.29) is 12.6 Å². The van der Waals surface area contributed by atoms with Crippen LogP contribution in [-0.2, 0) is 19.7 Å². The molecule has 2 rings (SSSR count). The number of aromatic nitrogens is 1. The summed E-state index contributed by atoms with van der Waals surface area (Å²) in [5.41, 5.74) is -0.601. The summed E-state index contributed by atoms with van der Waals surface area (Å²) in [4.78, 5) is 25.5. The summed E-state index contributed by atoms with van der Waals surface area (Å²) >= 11 is 0. The maximum absolute atomic E-state index is 13.9. The fourth-order valence-electron chi connectivity index (χ4n) is 3.34. The molecule has 1 aromatic carbocycles. The smallest absolute Gasteiger partial charge is 0.419 e. The van der Waals surface area contributed by atoms with E-state index >= 15 is 0 Å². The van der Waals surface area contributed by atoms with Gasteiger partial charge in [0.15, 0.2) is 0 Å². The number of esters is 1. The van der Waals surface area contributed by atoms with Crippen LogP contribution >= 0.6 is 0 Å². The molecule has 0 unspecified atom stereocenters. The average Bonchev–Trinajstić information content (AvgIpc) is 2.94. The average molecular weight is 377 g/mol. The Morgan fingerprint density at radius 2 is 1.74 bits per heavy atom. The number of hydrogen-bond acceptors (Lipinski definition) is 4. The van der Waals surface area contributed by atoms with Gasteiger partial charge in [0.2, 0.25) is 0 Å². The third-order valence-electron chi connectivity index (χ3n) is 4.75. The minimum absolute atomic E-state index is 0.264. The van der Waals surface area contributed by atoms with Gasteiger partial charge in [-0.2, -0.15) is 0 Å². The zero-order valence-corrected chi connectivity index (χ0v) is 16.9. The van der Waals surface area contributed by atoms with E-state index in [0.29, 0.717) is 29.3 Å². The molecule has 0 fully saturated rings. The quantitative estimate of drug-likeness (QED) is 0.673. The van der Waals surface area contributed by atoms with Crippen molar-refractivity contribution < 1.29 is 23.5 Å². The van der Waals surface area contributed by atoms with E-state index in [0.717, 1.165) is 0 Å². The minimum Gasteiger partial charge on any atom is -0.465 e. The zero-order chi connectivity index (χ0) is 20.4. The van der Waals surface area contributed by atoms with E-state index in [1.54, 1.807) is 40.0 Å². The van der Waals surface area contributed by atoms with Crippen LogP contribution in [0.3, 0.4) is 0 Å². The van der Waals surface area contributed by atoms with E-state index in [9.17, 15) is 14.0 Å². The SMILES string of the molecule is CCOC(=O)C(CC)(CC)c1cn(C(=O)OC(C)(C)C)c2cc(F)ccc12.